The van der Waals surface area contributed by atoms with Crippen molar-refractivity contribution in [1.82, 2.24) is 0 Å². The fraction of sp³-hybridized carbons (Fsp3) is 0.200. The Labute approximate surface area is 50.8 Å². The summed E-state index contributed by atoms with van der Waals surface area (Å²) in [7, 11) is 0. The zero-order chi connectivity index (χ0) is 5.11. The molecule has 1 rings (SSSR count). The molecule has 0 atom stereocenters. The number of halogens is 1. The molecule has 0 aromatic carbocycles. The van der Waals surface area contributed by atoms with E-state index in [0.29, 0.717) is 6.61 Å². The second kappa shape index (κ2) is 2.17. The number of ether oxygens (including phenoxy) is 1. The van der Waals surface area contributed by atoms with E-state index in [1.54, 1.807) is 6.26 Å². The monoisotopic (exact) mass is 160 g/mol. The maximum absolute atomic E-state index is 4.85. The summed E-state index contributed by atoms with van der Waals surface area (Å²) in [5.74, 6) is 0. The molecule has 0 bridgehead atoms. The third-order valence-corrected chi connectivity index (χ3v) is 1.29. The van der Waals surface area contributed by atoms with Crippen molar-refractivity contribution in [3.8, 4) is 0 Å². The predicted octanol–water partition coefficient (Wildman–Crippen LogP) is 1.81. The van der Waals surface area contributed by atoms with E-state index in [1.807, 2.05) is 12.2 Å². The number of hydrogen-bond acceptors (Lipinski definition) is 1. The minimum Gasteiger partial charge on any atom is -0.497 e. The van der Waals surface area contributed by atoms with Crippen LogP contribution in [0.3, 0.4) is 0 Å². The molecule has 7 heavy (non-hydrogen) atoms. The summed E-state index contributed by atoms with van der Waals surface area (Å²) in [4.78, 5) is 0. The molecule has 1 aliphatic heterocycles. The van der Waals surface area contributed by atoms with Gasteiger partial charge in [0.05, 0.1) is 6.26 Å². The lowest BCUT2D eigenvalue weighted by Gasteiger charge is -1.99. The smallest absolute Gasteiger partial charge is 0.107 e. The van der Waals surface area contributed by atoms with Gasteiger partial charge in [-0.25, -0.2) is 0 Å². The largest absolute Gasteiger partial charge is 0.497 e. The first-order valence-electron chi connectivity index (χ1n) is 2.03. The molecule has 0 aromatic heterocycles. The Kier molecular flexibility index (Phi) is 1.52. The van der Waals surface area contributed by atoms with Crippen LogP contribution in [-0.2, 0) is 4.74 Å². The van der Waals surface area contributed by atoms with Gasteiger partial charge in [-0.15, -0.1) is 0 Å². The van der Waals surface area contributed by atoms with Crippen LogP contribution >= 0.6 is 15.9 Å². The fourth-order valence-corrected chi connectivity index (χ4v) is 0.605. The van der Waals surface area contributed by atoms with Gasteiger partial charge in [0.15, 0.2) is 0 Å². The van der Waals surface area contributed by atoms with Crippen molar-refractivity contribution in [1.29, 1.82) is 0 Å². The van der Waals surface area contributed by atoms with Crippen molar-refractivity contribution >= 4 is 15.9 Å². The first kappa shape index (κ1) is 4.91. The van der Waals surface area contributed by atoms with Crippen LogP contribution in [0.2, 0.25) is 0 Å². The molecule has 0 unspecified atom stereocenters. The highest BCUT2D eigenvalue weighted by molar-refractivity contribution is 9.11. The van der Waals surface area contributed by atoms with E-state index in [-0.39, 0.29) is 0 Å². The minimum absolute atomic E-state index is 0.692. The van der Waals surface area contributed by atoms with Gasteiger partial charge in [-0.1, -0.05) is 15.9 Å². The highest BCUT2D eigenvalue weighted by atomic mass is 79.9. The van der Waals surface area contributed by atoms with Gasteiger partial charge in [-0.05, 0) is 12.2 Å². The normalized spacial score (nSPS) is 18.1. The van der Waals surface area contributed by atoms with Gasteiger partial charge < -0.3 is 4.74 Å². The van der Waals surface area contributed by atoms with Crippen LogP contribution in [-0.4, -0.2) is 6.61 Å². The zero-order valence-corrected chi connectivity index (χ0v) is 5.31. The summed E-state index contributed by atoms with van der Waals surface area (Å²) < 4.78 is 5.95. The molecule has 1 heterocycles. The van der Waals surface area contributed by atoms with Crippen LogP contribution in [0.25, 0.3) is 0 Å². The predicted molar refractivity (Wildman–Crippen MR) is 32.1 cm³/mol. The summed E-state index contributed by atoms with van der Waals surface area (Å²) in [5, 5.41) is 0. The lowest BCUT2D eigenvalue weighted by Crippen LogP contribution is -1.85. The molecule has 0 aromatic rings. The average molecular weight is 161 g/mol. The summed E-state index contributed by atoms with van der Waals surface area (Å²) in [6, 6.07) is 0. The maximum Gasteiger partial charge on any atom is 0.107 e. The van der Waals surface area contributed by atoms with Crippen molar-refractivity contribution in [3.63, 3.8) is 0 Å². The standard InChI is InChI=1S/C5H5BrO/c6-5-1-3-7-4-2-5/h1-3H,4H2. The minimum atomic E-state index is 0.692. The number of hydrogen-bond donors (Lipinski definition) is 0. The highest BCUT2D eigenvalue weighted by Gasteiger charge is 1.87. The van der Waals surface area contributed by atoms with Crippen molar-refractivity contribution in [3.05, 3.63) is 22.9 Å². The molecule has 38 valence electrons. The molecule has 2 heteroatoms. The second-order valence-electron chi connectivity index (χ2n) is 1.23. The molecule has 0 saturated heterocycles. The Morgan fingerprint density at radius 2 is 2.57 bits per heavy atom. The molecule has 0 saturated carbocycles. The van der Waals surface area contributed by atoms with Crippen LogP contribution in [0.5, 0.6) is 0 Å². The first-order valence-corrected chi connectivity index (χ1v) is 2.83. The number of allylic oxidation sites excluding steroid dienone is 2. The molecule has 0 amide bonds. The van der Waals surface area contributed by atoms with Crippen molar-refractivity contribution in [2.45, 2.75) is 0 Å². The Morgan fingerprint density at radius 1 is 1.71 bits per heavy atom. The lowest BCUT2D eigenvalue weighted by atomic mass is 10.4. The third-order valence-electron chi connectivity index (χ3n) is 0.698. The molecule has 0 radical (unpaired) electrons. The van der Waals surface area contributed by atoms with Crippen LogP contribution in [0.1, 0.15) is 0 Å². The van der Waals surface area contributed by atoms with E-state index in [4.69, 9.17) is 4.74 Å². The van der Waals surface area contributed by atoms with Gasteiger partial charge in [0.2, 0.25) is 0 Å². The van der Waals surface area contributed by atoms with Crippen LogP contribution in [0, 0.1) is 0 Å². The molecule has 0 spiro atoms. The van der Waals surface area contributed by atoms with Crippen LogP contribution in [0.15, 0.2) is 22.9 Å². The van der Waals surface area contributed by atoms with Crippen LogP contribution < -0.4 is 0 Å². The topological polar surface area (TPSA) is 9.23 Å². The lowest BCUT2D eigenvalue weighted by molar-refractivity contribution is 0.285. The van der Waals surface area contributed by atoms with E-state index in [2.05, 4.69) is 15.9 Å². The van der Waals surface area contributed by atoms with Gasteiger partial charge >= 0.3 is 0 Å². The average Bonchev–Trinajstić information content (AvgIpc) is 1.69. The summed E-state index contributed by atoms with van der Waals surface area (Å²) in [6.45, 7) is 0.692. The summed E-state index contributed by atoms with van der Waals surface area (Å²) in [6.07, 6.45) is 5.49. The van der Waals surface area contributed by atoms with E-state index in [9.17, 15) is 0 Å². The quantitative estimate of drug-likeness (QED) is 0.526. The van der Waals surface area contributed by atoms with E-state index >= 15 is 0 Å². The van der Waals surface area contributed by atoms with Crippen LogP contribution in [0.4, 0.5) is 0 Å². The second-order valence-corrected chi connectivity index (χ2v) is 2.14. The molecular formula is C5H5BrO. The summed E-state index contributed by atoms with van der Waals surface area (Å²) >= 11 is 3.28. The van der Waals surface area contributed by atoms with E-state index in [1.165, 1.54) is 0 Å². The van der Waals surface area contributed by atoms with Gasteiger partial charge in [0.1, 0.15) is 6.61 Å². The Bertz CT molecular complexity index is 115. The Balaban J connectivity index is 2.58. The first-order chi connectivity index (χ1) is 3.39. The summed E-state index contributed by atoms with van der Waals surface area (Å²) in [5.41, 5.74) is 0. The molecule has 1 nitrogen and oxygen atoms in total. The third kappa shape index (κ3) is 1.35. The SMILES string of the molecule is BrC1=CCOC=C1. The van der Waals surface area contributed by atoms with Crippen molar-refractivity contribution in [2.24, 2.45) is 0 Å². The molecule has 0 aliphatic carbocycles. The zero-order valence-electron chi connectivity index (χ0n) is 3.73. The molecule has 0 fully saturated rings. The highest BCUT2D eigenvalue weighted by Crippen LogP contribution is 2.09. The number of rotatable bonds is 0. The molecule has 1 aliphatic rings. The maximum atomic E-state index is 4.85. The van der Waals surface area contributed by atoms with Gasteiger partial charge in [0.25, 0.3) is 0 Å². The van der Waals surface area contributed by atoms with Gasteiger partial charge in [-0.3, -0.25) is 0 Å². The van der Waals surface area contributed by atoms with E-state index in [0.717, 1.165) is 4.48 Å². The fourth-order valence-electron chi connectivity index (χ4n) is 0.364. The Hall–Kier alpha value is -0.240. The van der Waals surface area contributed by atoms with Crippen molar-refractivity contribution in [2.75, 3.05) is 6.61 Å². The van der Waals surface area contributed by atoms with Crippen molar-refractivity contribution < 1.29 is 4.74 Å². The van der Waals surface area contributed by atoms with E-state index < -0.39 is 0 Å². The van der Waals surface area contributed by atoms with Gasteiger partial charge in [-0.2, -0.15) is 0 Å². The Morgan fingerprint density at radius 3 is 2.86 bits per heavy atom. The molecular weight excluding hydrogens is 156 g/mol. The molecule has 0 N–H and O–H groups in total. The van der Waals surface area contributed by atoms with Gasteiger partial charge in [0, 0.05) is 4.48 Å².